The summed E-state index contributed by atoms with van der Waals surface area (Å²) in [7, 11) is 0.630. The number of benzene rings is 3. The molecule has 0 aliphatic carbocycles. The number of sulfonamides is 1. The Kier molecular flexibility index (Phi) is 7.12. The molecule has 0 aromatic heterocycles. The average molecular weight is 493 g/mol. The highest BCUT2D eigenvalue weighted by molar-refractivity contribution is 7.93. The van der Waals surface area contributed by atoms with Gasteiger partial charge < -0.3 is 14.4 Å². The molecule has 0 spiro atoms. The lowest BCUT2D eigenvalue weighted by molar-refractivity contribution is -0.125. The van der Waals surface area contributed by atoms with Crippen molar-refractivity contribution in [2.75, 3.05) is 32.1 Å². The van der Waals surface area contributed by atoms with E-state index in [0.29, 0.717) is 30.8 Å². The molecule has 0 bridgehead atoms. The highest BCUT2D eigenvalue weighted by Gasteiger charge is 2.34. The van der Waals surface area contributed by atoms with Gasteiger partial charge in [0.05, 0.1) is 19.9 Å². The third-order valence-electron chi connectivity index (χ3n) is 5.94. The van der Waals surface area contributed by atoms with Crippen molar-refractivity contribution in [1.82, 2.24) is 4.90 Å². The molecule has 7 nitrogen and oxygen atoms in total. The number of methoxy groups -OCH3 is 2. The van der Waals surface area contributed by atoms with Crippen LogP contribution < -0.4 is 13.8 Å². The van der Waals surface area contributed by atoms with E-state index in [4.69, 9.17) is 9.47 Å². The number of likely N-dealkylation sites (N-methyl/N-ethyl adjacent to an activating group) is 1. The van der Waals surface area contributed by atoms with E-state index in [0.717, 1.165) is 11.1 Å². The van der Waals surface area contributed by atoms with Gasteiger partial charge in [-0.1, -0.05) is 48.5 Å². The van der Waals surface area contributed by atoms with E-state index in [-0.39, 0.29) is 22.3 Å². The van der Waals surface area contributed by atoms with Gasteiger partial charge in [-0.2, -0.15) is 0 Å². The fourth-order valence-corrected chi connectivity index (χ4v) is 5.85. The number of carbonyl (C=O) groups excluding carboxylic acids is 1. The van der Waals surface area contributed by atoms with Gasteiger partial charge in [0.15, 0.2) is 11.5 Å². The molecule has 0 radical (unpaired) electrons. The number of para-hydroxylation sites is 1. The summed E-state index contributed by atoms with van der Waals surface area (Å²) in [6.07, 6.45) is 3.64. The second kappa shape index (κ2) is 10.2. The molecule has 0 saturated carbocycles. The van der Waals surface area contributed by atoms with Crippen LogP contribution in [0.3, 0.4) is 0 Å². The standard InChI is InChI=1S/C27H28N2O5S/c1-28(19-20-9-5-4-6-10-20)26(30)14-13-21-17-24(33-2)27(34-3)25(18-21)35(31,32)29-16-15-22-11-7-8-12-23(22)29/h4-14,17-18H,15-16,19H2,1-3H3. The molecule has 0 N–H and O–H groups in total. The molecular weight excluding hydrogens is 464 g/mol. The number of rotatable bonds is 8. The minimum Gasteiger partial charge on any atom is -0.493 e. The minimum absolute atomic E-state index is 0.0132. The molecule has 1 aliphatic rings. The summed E-state index contributed by atoms with van der Waals surface area (Å²) in [6.45, 7) is 0.805. The van der Waals surface area contributed by atoms with Gasteiger partial charge in [-0.25, -0.2) is 8.42 Å². The normalized spacial score (nSPS) is 13.1. The zero-order valence-corrected chi connectivity index (χ0v) is 20.8. The molecule has 8 heteroatoms. The Bertz CT molecular complexity index is 1350. The van der Waals surface area contributed by atoms with Crippen LogP contribution in [0.5, 0.6) is 11.5 Å². The molecule has 3 aromatic carbocycles. The molecule has 0 fully saturated rings. The molecule has 182 valence electrons. The molecule has 1 heterocycles. The zero-order chi connectivity index (χ0) is 25.0. The summed E-state index contributed by atoms with van der Waals surface area (Å²) in [5.74, 6) is 0.189. The number of fused-ring (bicyclic) bond motifs is 1. The van der Waals surface area contributed by atoms with Crippen molar-refractivity contribution >= 4 is 27.7 Å². The number of hydrogen-bond donors (Lipinski definition) is 0. The van der Waals surface area contributed by atoms with E-state index in [1.54, 1.807) is 30.2 Å². The van der Waals surface area contributed by atoms with Crippen LogP contribution in [-0.2, 0) is 27.8 Å². The van der Waals surface area contributed by atoms with E-state index < -0.39 is 10.0 Å². The summed E-state index contributed by atoms with van der Waals surface area (Å²) >= 11 is 0. The predicted molar refractivity (Wildman–Crippen MR) is 136 cm³/mol. The summed E-state index contributed by atoms with van der Waals surface area (Å²) in [5, 5.41) is 0. The summed E-state index contributed by atoms with van der Waals surface area (Å²) in [6, 6.07) is 20.3. The van der Waals surface area contributed by atoms with Crippen LogP contribution in [0.25, 0.3) is 6.08 Å². The first-order chi connectivity index (χ1) is 16.8. The zero-order valence-electron chi connectivity index (χ0n) is 20.0. The first-order valence-electron chi connectivity index (χ1n) is 11.2. The van der Waals surface area contributed by atoms with Gasteiger partial charge in [0.25, 0.3) is 10.0 Å². The lowest BCUT2D eigenvalue weighted by atomic mass is 10.1. The Morgan fingerprint density at radius 1 is 1.03 bits per heavy atom. The lowest BCUT2D eigenvalue weighted by Crippen LogP contribution is -2.29. The Balaban J connectivity index is 1.66. The average Bonchev–Trinajstić information content (AvgIpc) is 3.32. The molecule has 0 atom stereocenters. The van der Waals surface area contributed by atoms with Gasteiger partial charge in [-0.3, -0.25) is 9.10 Å². The maximum absolute atomic E-state index is 13.7. The van der Waals surface area contributed by atoms with Crippen molar-refractivity contribution in [3.63, 3.8) is 0 Å². The molecule has 1 amide bonds. The topological polar surface area (TPSA) is 76.2 Å². The third-order valence-corrected chi connectivity index (χ3v) is 7.76. The Labute approximate surface area is 206 Å². The van der Waals surface area contributed by atoms with Crippen LogP contribution in [-0.4, -0.2) is 47.0 Å². The van der Waals surface area contributed by atoms with E-state index in [1.165, 1.54) is 30.7 Å². The van der Waals surface area contributed by atoms with Gasteiger partial charge >= 0.3 is 0 Å². The van der Waals surface area contributed by atoms with Crippen molar-refractivity contribution in [1.29, 1.82) is 0 Å². The molecule has 0 unspecified atom stereocenters. The smallest absolute Gasteiger partial charge is 0.268 e. The van der Waals surface area contributed by atoms with Crippen LogP contribution in [0, 0.1) is 0 Å². The van der Waals surface area contributed by atoms with E-state index in [2.05, 4.69) is 0 Å². The molecule has 0 saturated heterocycles. The maximum atomic E-state index is 13.7. The first kappa shape index (κ1) is 24.3. The van der Waals surface area contributed by atoms with Crippen LogP contribution in [0.2, 0.25) is 0 Å². The summed E-state index contributed by atoms with van der Waals surface area (Å²) in [5.41, 5.74) is 3.16. The highest BCUT2D eigenvalue weighted by Crippen LogP contribution is 2.40. The highest BCUT2D eigenvalue weighted by atomic mass is 32.2. The van der Waals surface area contributed by atoms with Crippen molar-refractivity contribution in [3.05, 3.63) is 89.5 Å². The monoisotopic (exact) mass is 492 g/mol. The number of carbonyl (C=O) groups is 1. The second-order valence-electron chi connectivity index (χ2n) is 8.22. The largest absolute Gasteiger partial charge is 0.493 e. The van der Waals surface area contributed by atoms with E-state index in [1.807, 2.05) is 48.5 Å². The van der Waals surface area contributed by atoms with Crippen molar-refractivity contribution in [2.24, 2.45) is 0 Å². The number of ether oxygens (including phenoxy) is 2. The fraction of sp³-hybridized carbons (Fsp3) is 0.222. The number of amides is 1. The quantitative estimate of drug-likeness (QED) is 0.442. The van der Waals surface area contributed by atoms with Crippen molar-refractivity contribution in [3.8, 4) is 11.5 Å². The summed E-state index contributed by atoms with van der Waals surface area (Å²) in [4.78, 5) is 14.3. The van der Waals surface area contributed by atoms with E-state index in [9.17, 15) is 13.2 Å². The number of anilines is 1. The van der Waals surface area contributed by atoms with Gasteiger partial charge in [-0.15, -0.1) is 0 Å². The first-order valence-corrected chi connectivity index (χ1v) is 12.6. The van der Waals surface area contributed by atoms with E-state index >= 15 is 0 Å². The summed E-state index contributed by atoms with van der Waals surface area (Å²) < 4.78 is 39.8. The van der Waals surface area contributed by atoms with Crippen LogP contribution in [0.1, 0.15) is 16.7 Å². The SMILES string of the molecule is COc1cc(C=CC(=O)N(C)Cc2ccccc2)cc(S(=O)(=O)N2CCc3ccccc32)c1OC. The Hall–Kier alpha value is -3.78. The van der Waals surface area contributed by atoms with Gasteiger partial charge in [0.1, 0.15) is 4.90 Å². The Morgan fingerprint density at radius 2 is 1.74 bits per heavy atom. The van der Waals surface area contributed by atoms with Crippen molar-refractivity contribution in [2.45, 2.75) is 17.9 Å². The van der Waals surface area contributed by atoms with Gasteiger partial charge in [0.2, 0.25) is 5.91 Å². The van der Waals surface area contributed by atoms with Crippen molar-refractivity contribution < 1.29 is 22.7 Å². The minimum atomic E-state index is -3.95. The van der Waals surface area contributed by atoms with Gasteiger partial charge in [-0.05, 0) is 47.4 Å². The van der Waals surface area contributed by atoms with Crippen LogP contribution in [0.4, 0.5) is 5.69 Å². The lowest BCUT2D eigenvalue weighted by Gasteiger charge is -2.22. The predicted octanol–water partition coefficient (Wildman–Crippen LogP) is 4.13. The van der Waals surface area contributed by atoms with Crippen LogP contribution in [0.15, 0.2) is 77.7 Å². The maximum Gasteiger partial charge on any atom is 0.268 e. The van der Waals surface area contributed by atoms with Gasteiger partial charge in [0, 0.05) is 26.2 Å². The number of hydrogen-bond acceptors (Lipinski definition) is 5. The third kappa shape index (κ3) is 5.02. The Morgan fingerprint density at radius 3 is 2.46 bits per heavy atom. The number of nitrogens with zero attached hydrogens (tertiary/aromatic N) is 2. The molecule has 3 aromatic rings. The fourth-order valence-electron chi connectivity index (χ4n) is 4.14. The molecule has 35 heavy (non-hydrogen) atoms. The van der Waals surface area contributed by atoms with Crippen LogP contribution >= 0.6 is 0 Å². The molecule has 4 rings (SSSR count). The molecule has 1 aliphatic heterocycles. The molecular formula is C27H28N2O5S. The second-order valence-corrected chi connectivity index (χ2v) is 10.1.